The molecule has 0 aromatic carbocycles. The van der Waals surface area contributed by atoms with Gasteiger partial charge in [-0.1, -0.05) is 13.8 Å². The molecule has 0 heterocycles. The summed E-state index contributed by atoms with van der Waals surface area (Å²) in [5.74, 6) is -4.01. The smallest absolute Gasteiger partial charge is 0.326 e. The van der Waals surface area contributed by atoms with E-state index in [1.807, 2.05) is 0 Å². The van der Waals surface area contributed by atoms with Crippen molar-refractivity contribution >= 4 is 29.7 Å². The molecule has 33 heavy (non-hydrogen) atoms. The van der Waals surface area contributed by atoms with Crippen LogP contribution < -0.4 is 33.2 Å². The molecular formula is C19H37N7O7. The molecule has 5 atom stereocenters. The average molecular weight is 476 g/mol. The molecule has 0 fully saturated rings. The first-order chi connectivity index (χ1) is 15.3. The molecule has 0 bridgehead atoms. The first kappa shape index (κ1) is 30.0. The molecule has 0 aliphatic heterocycles. The number of rotatable bonds is 15. The van der Waals surface area contributed by atoms with Gasteiger partial charge in [-0.15, -0.1) is 0 Å². The molecule has 0 aromatic heterocycles. The van der Waals surface area contributed by atoms with Gasteiger partial charge in [0, 0.05) is 6.54 Å². The predicted molar refractivity (Wildman–Crippen MR) is 120 cm³/mol. The summed E-state index contributed by atoms with van der Waals surface area (Å²) < 4.78 is 0. The summed E-state index contributed by atoms with van der Waals surface area (Å²) in [5.41, 5.74) is 16.2. The molecule has 0 saturated carbocycles. The fourth-order valence-electron chi connectivity index (χ4n) is 2.74. The Kier molecular flexibility index (Phi) is 13.6. The van der Waals surface area contributed by atoms with E-state index < -0.39 is 60.6 Å². The van der Waals surface area contributed by atoms with Crippen molar-refractivity contribution in [3.8, 4) is 0 Å². The van der Waals surface area contributed by atoms with Gasteiger partial charge < -0.3 is 48.5 Å². The third-order valence-electron chi connectivity index (χ3n) is 4.50. The Labute approximate surface area is 192 Å². The maximum Gasteiger partial charge on any atom is 0.326 e. The van der Waals surface area contributed by atoms with Crippen molar-refractivity contribution in [2.45, 2.75) is 70.3 Å². The van der Waals surface area contributed by atoms with E-state index in [1.165, 1.54) is 6.92 Å². The van der Waals surface area contributed by atoms with Crippen molar-refractivity contribution in [1.29, 1.82) is 0 Å². The molecule has 14 heteroatoms. The van der Waals surface area contributed by atoms with Crippen molar-refractivity contribution in [2.75, 3.05) is 13.2 Å². The summed E-state index contributed by atoms with van der Waals surface area (Å²) in [6.45, 7) is 4.21. The minimum atomic E-state index is -1.50. The van der Waals surface area contributed by atoms with Crippen molar-refractivity contribution in [1.82, 2.24) is 16.0 Å². The third kappa shape index (κ3) is 12.0. The summed E-state index contributed by atoms with van der Waals surface area (Å²) in [7, 11) is 0. The minimum Gasteiger partial charge on any atom is -0.480 e. The zero-order chi connectivity index (χ0) is 25.7. The lowest BCUT2D eigenvalue weighted by Crippen LogP contribution is -2.60. The van der Waals surface area contributed by atoms with E-state index in [4.69, 9.17) is 17.2 Å². The summed E-state index contributed by atoms with van der Waals surface area (Å²) in [6.07, 6.45) is -0.630. The quantitative estimate of drug-likeness (QED) is 0.0636. The van der Waals surface area contributed by atoms with E-state index in [0.29, 0.717) is 6.42 Å². The number of hydrogen-bond acceptors (Lipinski definition) is 8. The number of nitrogens with zero attached hydrogens (tertiary/aromatic N) is 1. The van der Waals surface area contributed by atoms with E-state index in [0.717, 1.165) is 0 Å². The first-order valence-electron chi connectivity index (χ1n) is 10.5. The largest absolute Gasteiger partial charge is 0.480 e. The van der Waals surface area contributed by atoms with Crippen LogP contribution in [0.25, 0.3) is 0 Å². The fraction of sp³-hybridized carbons (Fsp3) is 0.737. The molecule has 0 rings (SSSR count). The molecule has 0 aliphatic rings. The van der Waals surface area contributed by atoms with Crippen LogP contribution in [0.15, 0.2) is 4.99 Å². The molecule has 0 spiro atoms. The SMILES string of the molecule is CC(C)CC(NC(=O)C(CO)NC(=O)C(NC(=O)C(N)CCCN=C(N)N)C(C)O)C(=O)O. The summed E-state index contributed by atoms with van der Waals surface area (Å²) >= 11 is 0. The second-order valence-corrected chi connectivity index (χ2v) is 8.05. The number of nitrogens with two attached hydrogens (primary N) is 3. The van der Waals surface area contributed by atoms with E-state index in [-0.39, 0.29) is 31.3 Å². The Morgan fingerprint density at radius 3 is 1.97 bits per heavy atom. The number of aliphatic hydroxyl groups is 2. The van der Waals surface area contributed by atoms with Gasteiger partial charge in [0.2, 0.25) is 17.7 Å². The number of aliphatic carboxylic acids is 1. The maximum absolute atomic E-state index is 12.6. The summed E-state index contributed by atoms with van der Waals surface area (Å²) in [6, 6.07) is -5.21. The molecule has 190 valence electrons. The van der Waals surface area contributed by atoms with Gasteiger partial charge in [-0.3, -0.25) is 19.4 Å². The highest BCUT2D eigenvalue weighted by molar-refractivity contribution is 5.94. The number of aliphatic hydroxyl groups excluding tert-OH is 2. The Bertz CT molecular complexity index is 696. The van der Waals surface area contributed by atoms with E-state index in [1.54, 1.807) is 13.8 Å². The number of carbonyl (C=O) groups excluding carboxylic acids is 3. The van der Waals surface area contributed by atoms with Gasteiger partial charge in [0.1, 0.15) is 18.1 Å². The maximum atomic E-state index is 12.6. The van der Waals surface area contributed by atoms with Gasteiger partial charge in [-0.25, -0.2) is 4.79 Å². The lowest BCUT2D eigenvalue weighted by molar-refractivity contribution is -0.143. The van der Waals surface area contributed by atoms with Crippen LogP contribution in [0.2, 0.25) is 0 Å². The van der Waals surface area contributed by atoms with Gasteiger partial charge in [-0.2, -0.15) is 0 Å². The second-order valence-electron chi connectivity index (χ2n) is 8.05. The Morgan fingerprint density at radius 1 is 0.939 bits per heavy atom. The number of aliphatic imine (C=N–C) groups is 1. The molecule has 0 radical (unpaired) electrons. The number of carboxylic acids is 1. The number of carbonyl (C=O) groups is 4. The molecular weight excluding hydrogens is 438 g/mol. The number of amides is 3. The first-order valence-corrected chi connectivity index (χ1v) is 10.5. The zero-order valence-electron chi connectivity index (χ0n) is 19.2. The van der Waals surface area contributed by atoms with Gasteiger partial charge in [0.05, 0.1) is 18.8 Å². The molecule has 0 aromatic rings. The highest BCUT2D eigenvalue weighted by Crippen LogP contribution is 2.06. The lowest BCUT2D eigenvalue weighted by Gasteiger charge is -2.26. The van der Waals surface area contributed by atoms with Crippen LogP contribution in [-0.2, 0) is 19.2 Å². The van der Waals surface area contributed by atoms with Crippen molar-refractivity contribution in [2.24, 2.45) is 28.1 Å². The Morgan fingerprint density at radius 2 is 1.52 bits per heavy atom. The van der Waals surface area contributed by atoms with Crippen molar-refractivity contribution in [3.05, 3.63) is 0 Å². The highest BCUT2D eigenvalue weighted by Gasteiger charge is 2.32. The second kappa shape index (κ2) is 15.0. The third-order valence-corrected chi connectivity index (χ3v) is 4.50. The van der Waals surface area contributed by atoms with Crippen LogP contribution in [-0.4, -0.2) is 88.4 Å². The Balaban J connectivity index is 5.06. The summed E-state index contributed by atoms with van der Waals surface area (Å²) in [5, 5.41) is 35.4. The molecule has 5 unspecified atom stereocenters. The normalized spacial score (nSPS) is 15.5. The molecule has 14 nitrogen and oxygen atoms in total. The number of hydrogen-bond donors (Lipinski definition) is 9. The molecule has 0 aliphatic carbocycles. The molecule has 3 amide bonds. The van der Waals surface area contributed by atoms with Crippen LogP contribution in [0, 0.1) is 5.92 Å². The van der Waals surface area contributed by atoms with Crippen LogP contribution >= 0.6 is 0 Å². The zero-order valence-corrected chi connectivity index (χ0v) is 19.2. The highest BCUT2D eigenvalue weighted by atomic mass is 16.4. The van der Waals surface area contributed by atoms with E-state index in [2.05, 4.69) is 20.9 Å². The van der Waals surface area contributed by atoms with Crippen LogP contribution in [0.5, 0.6) is 0 Å². The fourth-order valence-corrected chi connectivity index (χ4v) is 2.74. The topological polar surface area (TPSA) is 255 Å². The average Bonchev–Trinajstić information content (AvgIpc) is 2.71. The summed E-state index contributed by atoms with van der Waals surface area (Å²) in [4.78, 5) is 52.3. The monoisotopic (exact) mass is 475 g/mol. The van der Waals surface area contributed by atoms with Gasteiger partial charge >= 0.3 is 5.97 Å². The van der Waals surface area contributed by atoms with Gasteiger partial charge in [0.15, 0.2) is 5.96 Å². The van der Waals surface area contributed by atoms with Crippen LogP contribution in [0.4, 0.5) is 0 Å². The van der Waals surface area contributed by atoms with Crippen LogP contribution in [0.1, 0.15) is 40.0 Å². The van der Waals surface area contributed by atoms with Gasteiger partial charge in [0.25, 0.3) is 0 Å². The predicted octanol–water partition coefficient (Wildman–Crippen LogP) is -3.67. The molecule has 12 N–H and O–H groups in total. The Hall–Kier alpha value is -2.97. The number of guanidine groups is 1. The number of nitrogens with one attached hydrogen (secondary N) is 3. The lowest BCUT2D eigenvalue weighted by atomic mass is 10.0. The van der Waals surface area contributed by atoms with E-state index >= 15 is 0 Å². The van der Waals surface area contributed by atoms with Crippen molar-refractivity contribution in [3.63, 3.8) is 0 Å². The number of carboxylic acid groups (broad SMARTS) is 1. The minimum absolute atomic E-state index is 0.0351. The van der Waals surface area contributed by atoms with Gasteiger partial charge in [-0.05, 0) is 32.1 Å². The molecule has 0 saturated heterocycles. The standard InChI is InChI=1S/C19H37N7O7/c1-9(2)7-12(18(32)33)24-16(30)13(8-27)25-17(31)14(10(3)28)26-15(29)11(20)5-4-6-23-19(21)22/h9-14,27-28H,4-8,20H2,1-3H3,(H,24,30)(H,25,31)(H,26,29)(H,32,33)(H4,21,22,23). The van der Waals surface area contributed by atoms with E-state index in [9.17, 15) is 34.5 Å². The van der Waals surface area contributed by atoms with Crippen LogP contribution in [0.3, 0.4) is 0 Å². The van der Waals surface area contributed by atoms with Crippen molar-refractivity contribution < 1.29 is 34.5 Å².